The average Bonchev–Trinajstić information content (AvgIpc) is 3.51. The van der Waals surface area contributed by atoms with Gasteiger partial charge in [-0.05, 0) is 42.3 Å². The van der Waals surface area contributed by atoms with E-state index >= 15 is 0 Å². The van der Waals surface area contributed by atoms with Gasteiger partial charge < -0.3 is 24.6 Å². The van der Waals surface area contributed by atoms with Gasteiger partial charge in [-0.25, -0.2) is 4.79 Å². The smallest absolute Gasteiger partial charge is 0.341 e. The van der Waals surface area contributed by atoms with Gasteiger partial charge in [0, 0.05) is 23.9 Å². The van der Waals surface area contributed by atoms with Crippen LogP contribution in [0.5, 0.6) is 17.2 Å². The number of carbonyl (C=O) groups excluding carboxylic acids is 1. The summed E-state index contributed by atoms with van der Waals surface area (Å²) in [5.74, 6) is 0.893. The lowest BCUT2D eigenvalue weighted by Gasteiger charge is -2.11. The second kappa shape index (κ2) is 8.65. The van der Waals surface area contributed by atoms with E-state index in [0.29, 0.717) is 12.3 Å². The van der Waals surface area contributed by atoms with Gasteiger partial charge in [-0.3, -0.25) is 4.79 Å². The van der Waals surface area contributed by atoms with E-state index in [1.165, 1.54) is 0 Å². The molecule has 7 nitrogen and oxygen atoms in total. The number of amides is 1. The number of carboxylic acid groups (broad SMARTS) is 1. The molecule has 1 saturated carbocycles. The predicted molar refractivity (Wildman–Crippen MR) is 102 cm³/mol. The summed E-state index contributed by atoms with van der Waals surface area (Å²) in [6.07, 6.45) is 0.761. The quantitative estimate of drug-likeness (QED) is 0.689. The molecule has 0 aromatic heterocycles. The molecule has 1 aliphatic carbocycles. The third-order valence-corrected chi connectivity index (χ3v) is 4.69. The normalized spacial score (nSPS) is 17.5. The molecule has 2 aromatic rings. The highest BCUT2D eigenvalue weighted by atomic mass is 16.5. The van der Waals surface area contributed by atoms with E-state index in [-0.39, 0.29) is 17.7 Å². The summed E-state index contributed by atoms with van der Waals surface area (Å²) in [6, 6.07) is 12.6. The molecule has 0 aliphatic heterocycles. The number of benzene rings is 2. The molecule has 0 radical (unpaired) electrons. The maximum Gasteiger partial charge on any atom is 0.341 e. The minimum atomic E-state index is -1.04. The van der Waals surface area contributed by atoms with Crippen LogP contribution in [0.4, 0.5) is 0 Å². The van der Waals surface area contributed by atoms with Crippen molar-refractivity contribution in [1.82, 2.24) is 5.32 Å². The third kappa shape index (κ3) is 4.73. The zero-order valence-corrected chi connectivity index (χ0v) is 15.8. The van der Waals surface area contributed by atoms with Crippen molar-refractivity contribution in [2.75, 3.05) is 20.8 Å². The van der Waals surface area contributed by atoms with E-state index in [0.717, 1.165) is 29.0 Å². The predicted octanol–water partition coefficient (Wildman–Crippen LogP) is 2.59. The van der Waals surface area contributed by atoms with E-state index < -0.39 is 12.6 Å². The Morgan fingerprint density at radius 1 is 1.11 bits per heavy atom. The van der Waals surface area contributed by atoms with Gasteiger partial charge in [0.2, 0.25) is 5.91 Å². The lowest BCUT2D eigenvalue weighted by molar-refractivity contribution is -0.139. The topological polar surface area (TPSA) is 94.1 Å². The molecule has 2 aromatic carbocycles. The Balaban J connectivity index is 1.57. The van der Waals surface area contributed by atoms with Crippen molar-refractivity contribution >= 4 is 11.9 Å². The van der Waals surface area contributed by atoms with Crippen LogP contribution in [0.25, 0.3) is 0 Å². The first kappa shape index (κ1) is 19.5. The maximum absolute atomic E-state index is 12.5. The molecule has 28 heavy (non-hydrogen) atoms. The first-order valence-electron chi connectivity index (χ1n) is 8.95. The number of hydrogen-bond acceptors (Lipinski definition) is 5. The highest BCUT2D eigenvalue weighted by Gasteiger charge is 2.45. The fourth-order valence-electron chi connectivity index (χ4n) is 3.17. The lowest BCUT2D eigenvalue weighted by Crippen LogP contribution is -2.25. The van der Waals surface area contributed by atoms with Gasteiger partial charge in [0.1, 0.15) is 17.2 Å². The number of aliphatic carboxylic acids is 1. The molecular weight excluding hydrogens is 362 g/mol. The molecular formula is C21H23NO6. The largest absolute Gasteiger partial charge is 0.497 e. The Labute approximate surface area is 163 Å². The number of methoxy groups -OCH3 is 2. The fourth-order valence-corrected chi connectivity index (χ4v) is 3.17. The summed E-state index contributed by atoms with van der Waals surface area (Å²) >= 11 is 0. The van der Waals surface area contributed by atoms with Crippen LogP contribution in [-0.2, 0) is 16.1 Å². The van der Waals surface area contributed by atoms with Gasteiger partial charge in [-0.2, -0.15) is 0 Å². The van der Waals surface area contributed by atoms with Crippen molar-refractivity contribution in [2.45, 2.75) is 18.9 Å². The molecule has 2 unspecified atom stereocenters. The van der Waals surface area contributed by atoms with Crippen molar-refractivity contribution in [3.63, 3.8) is 0 Å². The lowest BCUT2D eigenvalue weighted by atomic mass is 10.1. The monoisotopic (exact) mass is 385 g/mol. The Hall–Kier alpha value is -3.22. The van der Waals surface area contributed by atoms with E-state index in [9.17, 15) is 9.59 Å². The number of nitrogens with one attached hydrogen (secondary N) is 1. The van der Waals surface area contributed by atoms with Gasteiger partial charge in [-0.15, -0.1) is 0 Å². The third-order valence-electron chi connectivity index (χ3n) is 4.69. The number of hydrogen-bond donors (Lipinski definition) is 2. The first-order valence-corrected chi connectivity index (χ1v) is 8.95. The van der Waals surface area contributed by atoms with Gasteiger partial charge in [0.25, 0.3) is 0 Å². The van der Waals surface area contributed by atoms with Crippen molar-refractivity contribution < 1.29 is 28.9 Å². The van der Waals surface area contributed by atoms with Crippen molar-refractivity contribution in [3.8, 4) is 17.2 Å². The van der Waals surface area contributed by atoms with Crippen LogP contribution < -0.4 is 19.5 Å². The number of carboxylic acids is 1. The highest BCUT2D eigenvalue weighted by molar-refractivity contribution is 5.83. The minimum Gasteiger partial charge on any atom is -0.497 e. The van der Waals surface area contributed by atoms with Crippen molar-refractivity contribution in [1.29, 1.82) is 0 Å². The standard InChI is InChI=1S/C21H23NO6/c1-26-14-6-7-19(27-2)17(9-14)16-10-18(16)21(25)22-11-13-4-3-5-15(8-13)28-12-20(23)24/h3-9,16,18H,10-12H2,1-2H3,(H,22,25)(H,23,24). The molecule has 0 heterocycles. The van der Waals surface area contributed by atoms with E-state index in [1.807, 2.05) is 24.3 Å². The van der Waals surface area contributed by atoms with Crippen LogP contribution in [0.2, 0.25) is 0 Å². The molecule has 0 saturated heterocycles. The van der Waals surface area contributed by atoms with Crippen LogP contribution in [-0.4, -0.2) is 37.8 Å². The average molecular weight is 385 g/mol. The summed E-state index contributed by atoms with van der Waals surface area (Å²) in [5.41, 5.74) is 1.82. The van der Waals surface area contributed by atoms with Crippen molar-refractivity contribution in [3.05, 3.63) is 53.6 Å². The Morgan fingerprint density at radius 2 is 1.93 bits per heavy atom. The molecule has 2 atom stereocenters. The summed E-state index contributed by atoms with van der Waals surface area (Å²) in [5, 5.41) is 11.6. The maximum atomic E-state index is 12.5. The van der Waals surface area contributed by atoms with E-state index in [4.69, 9.17) is 19.3 Å². The van der Waals surface area contributed by atoms with Crippen LogP contribution in [0, 0.1) is 5.92 Å². The molecule has 3 rings (SSSR count). The fraction of sp³-hybridized carbons (Fsp3) is 0.333. The number of rotatable bonds is 9. The van der Waals surface area contributed by atoms with Crippen LogP contribution in [0.15, 0.2) is 42.5 Å². The SMILES string of the molecule is COc1ccc(OC)c(C2CC2C(=O)NCc2cccc(OCC(=O)O)c2)c1. The minimum absolute atomic E-state index is 0.0215. The zero-order chi connectivity index (χ0) is 20.1. The molecule has 1 fully saturated rings. The second-order valence-corrected chi connectivity index (χ2v) is 6.60. The van der Waals surface area contributed by atoms with Gasteiger partial charge in [-0.1, -0.05) is 12.1 Å². The molecule has 7 heteroatoms. The summed E-state index contributed by atoms with van der Waals surface area (Å²) in [4.78, 5) is 23.1. The summed E-state index contributed by atoms with van der Waals surface area (Å²) in [6.45, 7) is -0.0521. The summed E-state index contributed by atoms with van der Waals surface area (Å²) < 4.78 is 15.8. The van der Waals surface area contributed by atoms with Crippen LogP contribution in [0.3, 0.4) is 0 Å². The Kier molecular flexibility index (Phi) is 6.03. The molecule has 0 bridgehead atoms. The summed E-state index contributed by atoms with van der Waals surface area (Å²) in [7, 11) is 3.22. The van der Waals surface area contributed by atoms with Gasteiger partial charge in [0.05, 0.1) is 14.2 Å². The second-order valence-electron chi connectivity index (χ2n) is 6.60. The van der Waals surface area contributed by atoms with Crippen molar-refractivity contribution in [2.24, 2.45) is 5.92 Å². The Bertz CT molecular complexity index is 866. The highest BCUT2D eigenvalue weighted by Crippen LogP contribution is 2.51. The molecule has 1 aliphatic rings. The number of carbonyl (C=O) groups is 2. The van der Waals surface area contributed by atoms with E-state index in [1.54, 1.807) is 32.4 Å². The van der Waals surface area contributed by atoms with Crippen LogP contribution in [0.1, 0.15) is 23.5 Å². The molecule has 0 spiro atoms. The van der Waals surface area contributed by atoms with Gasteiger partial charge in [0.15, 0.2) is 6.61 Å². The van der Waals surface area contributed by atoms with Crippen LogP contribution >= 0.6 is 0 Å². The first-order chi connectivity index (χ1) is 13.5. The van der Waals surface area contributed by atoms with E-state index in [2.05, 4.69) is 5.32 Å². The molecule has 1 amide bonds. The van der Waals surface area contributed by atoms with Gasteiger partial charge >= 0.3 is 5.97 Å². The Morgan fingerprint density at radius 3 is 2.64 bits per heavy atom. The number of ether oxygens (including phenoxy) is 3. The molecule has 148 valence electrons. The molecule has 2 N–H and O–H groups in total. The zero-order valence-electron chi connectivity index (χ0n) is 15.8.